The topological polar surface area (TPSA) is 86.9 Å². The summed E-state index contributed by atoms with van der Waals surface area (Å²) in [6.07, 6.45) is 1.74. The average Bonchev–Trinajstić information content (AvgIpc) is 3.01. The first kappa shape index (κ1) is 11.1. The first-order valence-electron chi connectivity index (χ1n) is 5.36. The second-order valence-electron chi connectivity index (χ2n) is 3.76. The summed E-state index contributed by atoms with van der Waals surface area (Å²) >= 11 is 1.54. The summed E-state index contributed by atoms with van der Waals surface area (Å²) in [5, 5.41) is 6.38. The molecule has 7 heteroatoms. The van der Waals surface area contributed by atoms with Crippen LogP contribution in [-0.4, -0.2) is 14.7 Å². The predicted octanol–water partition coefficient (Wildman–Crippen LogP) is 0.953. The molecular formula is C11H10N4O2S. The van der Waals surface area contributed by atoms with Crippen LogP contribution in [0.5, 0.6) is 0 Å². The van der Waals surface area contributed by atoms with Gasteiger partial charge in [0, 0.05) is 10.9 Å². The number of hydrogen-bond donors (Lipinski definition) is 1. The molecule has 6 nitrogen and oxygen atoms in total. The molecular weight excluding hydrogens is 252 g/mol. The van der Waals surface area contributed by atoms with Crippen LogP contribution in [0, 0.1) is 0 Å². The molecule has 0 aliphatic heterocycles. The molecule has 0 unspecified atom stereocenters. The van der Waals surface area contributed by atoms with Crippen molar-refractivity contribution in [1.82, 2.24) is 14.7 Å². The van der Waals surface area contributed by atoms with Crippen LogP contribution in [0.3, 0.4) is 0 Å². The zero-order valence-corrected chi connectivity index (χ0v) is 10.2. The minimum atomic E-state index is -0.0483. The van der Waals surface area contributed by atoms with Crippen molar-refractivity contribution in [1.29, 1.82) is 0 Å². The van der Waals surface area contributed by atoms with Gasteiger partial charge in [0.15, 0.2) is 5.82 Å². The molecule has 18 heavy (non-hydrogen) atoms. The molecule has 0 amide bonds. The Labute approximate surface area is 106 Å². The fourth-order valence-electron chi connectivity index (χ4n) is 1.72. The Bertz CT molecular complexity index is 743. The molecule has 0 fully saturated rings. The minimum Gasteiger partial charge on any atom is -0.338 e. The van der Waals surface area contributed by atoms with Gasteiger partial charge in [0.1, 0.15) is 0 Å². The molecule has 0 saturated carbocycles. The van der Waals surface area contributed by atoms with E-state index < -0.39 is 0 Å². The molecule has 0 radical (unpaired) electrons. The zero-order chi connectivity index (χ0) is 12.5. The number of hydrogen-bond acceptors (Lipinski definition) is 6. The molecule has 0 atom stereocenters. The third-order valence-electron chi connectivity index (χ3n) is 2.59. The van der Waals surface area contributed by atoms with Crippen molar-refractivity contribution in [3.8, 4) is 0 Å². The van der Waals surface area contributed by atoms with Gasteiger partial charge in [-0.1, -0.05) is 5.16 Å². The smallest absolute Gasteiger partial charge is 0.259 e. The number of rotatable bonds is 3. The molecule has 2 N–H and O–H groups in total. The summed E-state index contributed by atoms with van der Waals surface area (Å²) in [4.78, 5) is 16.2. The SMILES string of the molecule is NCc1nc(Cn2ccc3sccc3c2=O)no1. The summed E-state index contributed by atoms with van der Waals surface area (Å²) < 4.78 is 7.43. The van der Waals surface area contributed by atoms with Crippen molar-refractivity contribution in [3.63, 3.8) is 0 Å². The van der Waals surface area contributed by atoms with Gasteiger partial charge in [0.2, 0.25) is 5.89 Å². The summed E-state index contributed by atoms with van der Waals surface area (Å²) in [5.74, 6) is 0.821. The molecule has 0 aliphatic rings. The van der Waals surface area contributed by atoms with Crippen molar-refractivity contribution in [3.05, 3.63) is 45.8 Å². The van der Waals surface area contributed by atoms with Crippen LogP contribution in [0.1, 0.15) is 11.7 Å². The highest BCUT2D eigenvalue weighted by Crippen LogP contribution is 2.16. The fraction of sp³-hybridized carbons (Fsp3) is 0.182. The molecule has 0 spiro atoms. The van der Waals surface area contributed by atoms with Crippen LogP contribution in [0.25, 0.3) is 10.1 Å². The number of aromatic nitrogens is 3. The maximum atomic E-state index is 12.1. The Kier molecular flexibility index (Phi) is 2.69. The molecule has 0 bridgehead atoms. The third kappa shape index (κ3) is 1.83. The normalized spacial score (nSPS) is 11.2. The summed E-state index contributed by atoms with van der Waals surface area (Å²) in [5.41, 5.74) is 5.34. The van der Waals surface area contributed by atoms with Gasteiger partial charge in [0.25, 0.3) is 5.56 Å². The summed E-state index contributed by atoms with van der Waals surface area (Å²) in [6.45, 7) is 0.486. The van der Waals surface area contributed by atoms with E-state index in [-0.39, 0.29) is 18.6 Å². The molecule has 92 valence electrons. The van der Waals surface area contributed by atoms with Gasteiger partial charge in [-0.05, 0) is 17.5 Å². The van der Waals surface area contributed by atoms with E-state index >= 15 is 0 Å². The average molecular weight is 262 g/mol. The largest absolute Gasteiger partial charge is 0.338 e. The number of thiophene rings is 1. The zero-order valence-electron chi connectivity index (χ0n) is 9.37. The first-order valence-corrected chi connectivity index (χ1v) is 6.24. The van der Waals surface area contributed by atoms with Crippen molar-refractivity contribution in [2.24, 2.45) is 5.73 Å². The van der Waals surface area contributed by atoms with Gasteiger partial charge in [-0.2, -0.15) is 4.98 Å². The Hall–Kier alpha value is -1.99. The van der Waals surface area contributed by atoms with Crippen LogP contribution in [0.2, 0.25) is 0 Å². The Balaban J connectivity index is 1.99. The Morgan fingerprint density at radius 1 is 1.44 bits per heavy atom. The molecule has 0 aliphatic carbocycles. The molecule has 3 aromatic heterocycles. The quantitative estimate of drug-likeness (QED) is 0.759. The van der Waals surface area contributed by atoms with Gasteiger partial charge in [0.05, 0.1) is 18.5 Å². The highest BCUT2D eigenvalue weighted by atomic mass is 32.1. The number of pyridine rings is 1. The number of fused-ring (bicyclic) bond motifs is 1. The Morgan fingerprint density at radius 3 is 3.11 bits per heavy atom. The third-order valence-corrected chi connectivity index (χ3v) is 3.47. The van der Waals surface area contributed by atoms with Crippen LogP contribution in [0.15, 0.2) is 33.0 Å². The van der Waals surface area contributed by atoms with Gasteiger partial charge in [-0.25, -0.2) is 0 Å². The van der Waals surface area contributed by atoms with Crippen LogP contribution < -0.4 is 11.3 Å². The van der Waals surface area contributed by atoms with Crippen molar-refractivity contribution in [2.45, 2.75) is 13.1 Å². The molecule has 0 aromatic carbocycles. The van der Waals surface area contributed by atoms with Crippen molar-refractivity contribution < 1.29 is 4.52 Å². The monoisotopic (exact) mass is 262 g/mol. The summed E-state index contributed by atoms with van der Waals surface area (Å²) in [7, 11) is 0. The maximum Gasteiger partial charge on any atom is 0.259 e. The van der Waals surface area contributed by atoms with E-state index in [9.17, 15) is 4.79 Å². The van der Waals surface area contributed by atoms with E-state index in [1.807, 2.05) is 17.5 Å². The van der Waals surface area contributed by atoms with E-state index in [2.05, 4.69) is 10.1 Å². The van der Waals surface area contributed by atoms with Crippen LogP contribution >= 0.6 is 11.3 Å². The highest BCUT2D eigenvalue weighted by molar-refractivity contribution is 7.17. The van der Waals surface area contributed by atoms with Gasteiger partial charge >= 0.3 is 0 Å². The van der Waals surface area contributed by atoms with Gasteiger partial charge in [-0.15, -0.1) is 11.3 Å². The summed E-state index contributed by atoms with van der Waals surface area (Å²) in [6, 6.07) is 3.73. The van der Waals surface area contributed by atoms with Gasteiger partial charge < -0.3 is 14.8 Å². The molecule has 0 saturated heterocycles. The molecule has 3 rings (SSSR count). The standard InChI is InChI=1S/C11H10N4O2S/c12-5-10-13-9(14-17-10)6-15-3-1-8-7(11(15)16)2-4-18-8/h1-4H,5-6,12H2. The minimum absolute atomic E-state index is 0.0483. The first-order chi connectivity index (χ1) is 8.78. The van der Waals surface area contributed by atoms with Crippen LogP contribution in [-0.2, 0) is 13.1 Å². The van der Waals surface area contributed by atoms with E-state index in [1.165, 1.54) is 0 Å². The van der Waals surface area contributed by atoms with Crippen molar-refractivity contribution >= 4 is 21.4 Å². The van der Waals surface area contributed by atoms with E-state index in [1.54, 1.807) is 22.1 Å². The Morgan fingerprint density at radius 2 is 2.33 bits per heavy atom. The lowest BCUT2D eigenvalue weighted by Crippen LogP contribution is -2.20. The van der Waals surface area contributed by atoms with Crippen LogP contribution in [0.4, 0.5) is 0 Å². The predicted molar refractivity (Wildman–Crippen MR) is 67.4 cm³/mol. The second-order valence-corrected chi connectivity index (χ2v) is 4.70. The van der Waals surface area contributed by atoms with E-state index in [4.69, 9.17) is 10.3 Å². The lowest BCUT2D eigenvalue weighted by molar-refractivity contribution is 0.373. The number of nitrogens with two attached hydrogens (primary N) is 1. The van der Waals surface area contributed by atoms with Crippen molar-refractivity contribution in [2.75, 3.05) is 0 Å². The van der Waals surface area contributed by atoms with E-state index in [0.29, 0.717) is 17.1 Å². The lowest BCUT2D eigenvalue weighted by atomic mass is 10.3. The fourth-order valence-corrected chi connectivity index (χ4v) is 2.49. The maximum absolute atomic E-state index is 12.1. The highest BCUT2D eigenvalue weighted by Gasteiger charge is 2.08. The lowest BCUT2D eigenvalue weighted by Gasteiger charge is -2.01. The molecule has 3 aromatic rings. The van der Waals surface area contributed by atoms with E-state index in [0.717, 1.165) is 4.70 Å². The number of nitrogens with zero attached hydrogens (tertiary/aromatic N) is 3. The van der Waals surface area contributed by atoms with Gasteiger partial charge in [-0.3, -0.25) is 4.79 Å². The second kappa shape index (κ2) is 4.35. The molecule has 3 heterocycles.